The molecule has 3 heterocycles. The zero-order valence-corrected chi connectivity index (χ0v) is 26.8. The number of urea groups is 1. The van der Waals surface area contributed by atoms with Crippen molar-refractivity contribution in [3.63, 3.8) is 0 Å². The molecule has 262 valence electrons. The van der Waals surface area contributed by atoms with Crippen LogP contribution in [0.1, 0.15) is 32.5 Å². The molecule has 0 radical (unpaired) electrons. The van der Waals surface area contributed by atoms with Crippen molar-refractivity contribution < 1.29 is 62.5 Å². The van der Waals surface area contributed by atoms with Crippen molar-refractivity contribution in [3.05, 3.63) is 68.1 Å². The van der Waals surface area contributed by atoms with E-state index in [4.69, 9.17) is 16.3 Å². The predicted molar refractivity (Wildman–Crippen MR) is 166 cm³/mol. The number of hydrogen-bond donors (Lipinski definition) is 7. The monoisotopic (exact) mass is 736 g/mol. The number of nitrogens with zero attached hydrogens (tertiary/aromatic N) is 3. The summed E-state index contributed by atoms with van der Waals surface area (Å²) in [7, 11) is -1.98. The fraction of sp³-hybridized carbons (Fsp3) is 0.250. The van der Waals surface area contributed by atoms with Gasteiger partial charge in [0.2, 0.25) is 11.8 Å². The van der Waals surface area contributed by atoms with Gasteiger partial charge in [0.05, 0.1) is 17.5 Å². The lowest BCUT2D eigenvalue weighted by Crippen LogP contribution is -2.61. The average Bonchev–Trinajstić information content (AvgIpc) is 3.60. The van der Waals surface area contributed by atoms with Gasteiger partial charge in [0, 0.05) is 30.2 Å². The summed E-state index contributed by atoms with van der Waals surface area (Å²) in [4.78, 5) is 82.0. The molecule has 1 fully saturated rings. The Labute approximate surface area is 288 Å². The van der Waals surface area contributed by atoms with Crippen LogP contribution in [0.15, 0.2) is 29.8 Å². The second kappa shape index (κ2) is 14.5. The van der Waals surface area contributed by atoms with E-state index >= 15 is 0 Å². The van der Waals surface area contributed by atoms with Crippen molar-refractivity contribution in [2.24, 2.45) is 0 Å². The number of halogens is 3. The van der Waals surface area contributed by atoms with Gasteiger partial charge >= 0.3 is 30.9 Å². The molecular formula is C28H24BClF2N6O11S. The number of phenols is 2. The van der Waals surface area contributed by atoms with Crippen molar-refractivity contribution >= 4 is 65.7 Å². The Hall–Kier alpha value is -5.54. The molecule has 0 aliphatic carbocycles. The van der Waals surface area contributed by atoms with Crippen LogP contribution in [0.25, 0.3) is 0 Å². The fourth-order valence-corrected chi connectivity index (χ4v) is 5.92. The zero-order valence-electron chi connectivity index (χ0n) is 25.2. The van der Waals surface area contributed by atoms with Gasteiger partial charge in [0.25, 0.3) is 0 Å². The number of rotatable bonds is 9. The van der Waals surface area contributed by atoms with Crippen LogP contribution in [-0.4, -0.2) is 103 Å². The fourth-order valence-electron chi connectivity index (χ4n) is 5.11. The molecule has 7 N–H and O–H groups in total. The number of fused-ring (bicyclic) bond motifs is 1. The number of carbonyl (C=O) groups excluding carboxylic acids is 5. The largest absolute Gasteiger partial charge is 0.547 e. The Morgan fingerprint density at radius 1 is 1.12 bits per heavy atom. The van der Waals surface area contributed by atoms with Crippen molar-refractivity contribution in [1.29, 1.82) is 0 Å². The number of carboxylic acid groups (broad SMARTS) is 1. The molecule has 3 aromatic rings. The highest BCUT2D eigenvalue weighted by Gasteiger charge is 2.42. The van der Waals surface area contributed by atoms with Gasteiger partial charge in [-0.3, -0.25) is 24.1 Å². The molecule has 22 heteroatoms. The SMILES string of the molecule is O=C(CN1CCN(C(=O)N[C@@H](C(=O)N[C@H]2Cc3ccc(F)c(C(=O)O)c3OB2O)c2cc(F)c(O)c(O)c2Cl)C(=O)C1=O)NCc1nccs1. The highest BCUT2D eigenvalue weighted by Crippen LogP contribution is 2.40. The third kappa shape index (κ3) is 7.23. The number of hydrogen-bond acceptors (Lipinski definition) is 12. The Kier molecular flexibility index (Phi) is 10.4. The smallest absolute Gasteiger partial charge is 0.534 e. The molecule has 2 aliphatic heterocycles. The summed E-state index contributed by atoms with van der Waals surface area (Å²) in [6.45, 7) is -1.19. The number of aromatic carboxylic acids is 1. The van der Waals surface area contributed by atoms with Crippen molar-refractivity contribution in [3.8, 4) is 17.2 Å². The Balaban J connectivity index is 1.34. The molecule has 5 rings (SSSR count). The number of piperazine rings is 1. The van der Waals surface area contributed by atoms with Crippen LogP contribution in [0.3, 0.4) is 0 Å². The third-order valence-electron chi connectivity index (χ3n) is 7.60. The molecule has 2 atom stereocenters. The van der Waals surface area contributed by atoms with Crippen LogP contribution in [0.5, 0.6) is 17.2 Å². The lowest BCUT2D eigenvalue weighted by atomic mass is 9.72. The van der Waals surface area contributed by atoms with Gasteiger partial charge in [-0.05, 0) is 24.1 Å². The van der Waals surface area contributed by atoms with E-state index in [2.05, 4.69) is 20.9 Å². The number of benzene rings is 2. The minimum absolute atomic E-state index is 0.0604. The quantitative estimate of drug-likeness (QED) is 0.0876. The Morgan fingerprint density at radius 2 is 1.86 bits per heavy atom. The molecule has 2 aliphatic rings. The molecule has 1 aromatic heterocycles. The molecule has 2 aromatic carbocycles. The van der Waals surface area contributed by atoms with Gasteiger partial charge < -0.3 is 45.8 Å². The number of imide groups is 1. The summed E-state index contributed by atoms with van der Waals surface area (Å²) >= 11 is 7.39. The third-order valence-corrected chi connectivity index (χ3v) is 8.77. The molecule has 0 saturated carbocycles. The molecule has 0 unspecified atom stereocenters. The second-order valence-corrected chi connectivity index (χ2v) is 12.1. The van der Waals surface area contributed by atoms with Gasteiger partial charge in [-0.2, -0.15) is 0 Å². The Morgan fingerprint density at radius 3 is 2.54 bits per heavy atom. The normalized spacial score (nSPS) is 16.3. The predicted octanol–water partition coefficient (Wildman–Crippen LogP) is 0.0616. The van der Waals surface area contributed by atoms with Gasteiger partial charge in [-0.1, -0.05) is 17.7 Å². The summed E-state index contributed by atoms with van der Waals surface area (Å²) in [6, 6.07) is -0.960. The van der Waals surface area contributed by atoms with E-state index in [0.29, 0.717) is 16.0 Å². The van der Waals surface area contributed by atoms with E-state index in [9.17, 15) is 57.9 Å². The summed E-state index contributed by atoms with van der Waals surface area (Å²) < 4.78 is 33.9. The van der Waals surface area contributed by atoms with E-state index < -0.39 is 113 Å². The van der Waals surface area contributed by atoms with E-state index in [0.717, 1.165) is 17.0 Å². The lowest BCUT2D eigenvalue weighted by molar-refractivity contribution is -0.154. The second-order valence-electron chi connectivity index (χ2n) is 10.8. The molecule has 17 nitrogen and oxygen atoms in total. The van der Waals surface area contributed by atoms with Gasteiger partial charge in [0.15, 0.2) is 17.3 Å². The number of thiazole rings is 1. The van der Waals surface area contributed by atoms with Crippen LogP contribution >= 0.6 is 22.9 Å². The number of carbonyl (C=O) groups is 6. The molecular weight excluding hydrogens is 713 g/mol. The Bertz CT molecular complexity index is 1910. The zero-order chi connectivity index (χ0) is 36.4. The number of carboxylic acids is 1. The number of aromatic nitrogens is 1. The minimum atomic E-state index is -2.08. The van der Waals surface area contributed by atoms with E-state index in [-0.39, 0.29) is 25.1 Å². The molecule has 1 saturated heterocycles. The minimum Gasteiger partial charge on any atom is -0.534 e. The topological polar surface area (TPSA) is 248 Å². The van der Waals surface area contributed by atoms with Crippen LogP contribution < -0.4 is 20.6 Å². The van der Waals surface area contributed by atoms with Gasteiger partial charge in [-0.15, -0.1) is 11.3 Å². The number of phenolic OH excluding ortho intramolecular Hbond substituents is 2. The first kappa shape index (κ1) is 35.8. The first-order chi connectivity index (χ1) is 23.7. The van der Waals surface area contributed by atoms with E-state index in [1.165, 1.54) is 17.5 Å². The summed E-state index contributed by atoms with van der Waals surface area (Å²) in [5, 5.41) is 48.4. The van der Waals surface area contributed by atoms with Crippen LogP contribution in [0.2, 0.25) is 5.02 Å². The maximum Gasteiger partial charge on any atom is 0.547 e. The van der Waals surface area contributed by atoms with Crippen molar-refractivity contribution in [1.82, 2.24) is 30.7 Å². The van der Waals surface area contributed by atoms with E-state index in [1.807, 2.05) is 0 Å². The van der Waals surface area contributed by atoms with Crippen LogP contribution in [0.4, 0.5) is 13.6 Å². The maximum absolute atomic E-state index is 14.6. The summed E-state index contributed by atoms with van der Waals surface area (Å²) in [6.07, 6.45) is 1.20. The molecule has 6 amide bonds. The van der Waals surface area contributed by atoms with Crippen LogP contribution in [-0.2, 0) is 32.1 Å². The first-order valence-corrected chi connectivity index (χ1v) is 15.6. The average molecular weight is 737 g/mol. The molecule has 0 spiro atoms. The summed E-state index contributed by atoms with van der Waals surface area (Å²) in [5.74, 6) is -13.2. The molecule has 50 heavy (non-hydrogen) atoms. The van der Waals surface area contributed by atoms with Crippen LogP contribution in [0, 0.1) is 11.6 Å². The number of aromatic hydroxyl groups is 2. The summed E-state index contributed by atoms with van der Waals surface area (Å²) in [5.41, 5.74) is -1.44. The van der Waals surface area contributed by atoms with E-state index in [1.54, 1.807) is 5.38 Å². The number of nitrogens with one attached hydrogen (secondary N) is 3. The van der Waals surface area contributed by atoms with Gasteiger partial charge in [0.1, 0.15) is 34.7 Å². The van der Waals surface area contributed by atoms with Gasteiger partial charge in [-0.25, -0.2) is 23.4 Å². The standard InChI is InChI=1S/C28H24BClF2N6O11S/c30-19-12(8-14(32)21(40)22(19)41)20(24(42)35-15-7-11-1-2-13(31)18(27(45)46)23(11)49-29(15)48)36-28(47)38-5-4-37(25(43)26(38)44)10-16(39)34-9-17-33-3-6-50-17/h1-3,6,8,15,20,40-41,48H,4-5,7,9-10H2,(H,34,39)(H,35,42)(H,36,47)(H,45,46)/t15-,20+/m0/s1. The van der Waals surface area contributed by atoms with Crippen molar-refractivity contribution in [2.75, 3.05) is 19.6 Å². The number of amides is 6. The highest BCUT2D eigenvalue weighted by atomic mass is 35.5. The molecule has 0 bridgehead atoms. The maximum atomic E-state index is 14.6. The lowest BCUT2D eigenvalue weighted by Gasteiger charge is -2.33. The van der Waals surface area contributed by atoms with Crippen molar-refractivity contribution in [2.45, 2.75) is 24.9 Å². The first-order valence-electron chi connectivity index (χ1n) is 14.3. The highest BCUT2D eigenvalue weighted by molar-refractivity contribution is 7.09.